The Morgan fingerprint density at radius 2 is 2.14 bits per heavy atom. The summed E-state index contributed by atoms with van der Waals surface area (Å²) in [5.74, 6) is 0.967. The van der Waals surface area contributed by atoms with Gasteiger partial charge in [0, 0.05) is 13.2 Å². The number of ether oxygens (including phenoxy) is 1. The Kier molecular flexibility index (Phi) is 5.73. The maximum atomic E-state index is 6.05. The first kappa shape index (κ1) is 16.4. The van der Waals surface area contributed by atoms with Crippen molar-refractivity contribution in [3.05, 3.63) is 33.8 Å². The van der Waals surface area contributed by atoms with Crippen LogP contribution in [0.5, 0.6) is 0 Å². The summed E-state index contributed by atoms with van der Waals surface area (Å²) in [5, 5.41) is 4.31. The van der Waals surface area contributed by atoms with Gasteiger partial charge in [-0.3, -0.25) is 4.99 Å². The minimum Gasteiger partial charge on any atom is -0.383 e. The van der Waals surface area contributed by atoms with Crippen LogP contribution in [0.15, 0.2) is 23.2 Å². The number of guanidine groups is 1. The molecule has 0 heterocycles. The lowest BCUT2D eigenvalue weighted by atomic mass is 9.76. The van der Waals surface area contributed by atoms with Crippen LogP contribution in [0, 0.1) is 0 Å². The molecule has 1 saturated carbocycles. The van der Waals surface area contributed by atoms with E-state index in [9.17, 15) is 0 Å². The van der Waals surface area contributed by atoms with E-state index in [2.05, 4.69) is 10.3 Å². The van der Waals surface area contributed by atoms with Crippen LogP contribution in [-0.2, 0) is 4.74 Å². The highest BCUT2D eigenvalue weighted by Gasteiger charge is 2.30. The monoisotopic (exact) mass is 329 g/mol. The minimum atomic E-state index is 0.157. The standard InChI is InChI=1S/C15H21Cl2N3O/c1-9(8-21-2)19-15(18)20-12-5-11(6-12)10-3-4-13(16)14(17)7-10/h3-4,7,9,11-12H,5-6,8H2,1-2H3,(H3,18,19,20). The first-order chi connectivity index (χ1) is 9.99. The van der Waals surface area contributed by atoms with Gasteiger partial charge in [-0.25, -0.2) is 0 Å². The minimum absolute atomic E-state index is 0.157. The molecule has 1 aliphatic carbocycles. The van der Waals surface area contributed by atoms with Crippen LogP contribution < -0.4 is 11.1 Å². The van der Waals surface area contributed by atoms with Crippen molar-refractivity contribution in [3.63, 3.8) is 0 Å². The van der Waals surface area contributed by atoms with Gasteiger partial charge in [0.05, 0.1) is 22.7 Å². The highest BCUT2D eigenvalue weighted by Crippen LogP contribution is 2.40. The third-order valence-electron chi connectivity index (χ3n) is 3.66. The van der Waals surface area contributed by atoms with E-state index in [0.29, 0.717) is 28.5 Å². The van der Waals surface area contributed by atoms with E-state index >= 15 is 0 Å². The molecule has 0 spiro atoms. The summed E-state index contributed by atoms with van der Waals surface area (Å²) in [4.78, 5) is 4.49. The Balaban J connectivity index is 1.84. The fourth-order valence-corrected chi connectivity index (χ4v) is 2.82. The maximum absolute atomic E-state index is 6.05. The highest BCUT2D eigenvalue weighted by molar-refractivity contribution is 6.42. The first-order valence-electron chi connectivity index (χ1n) is 7.03. The molecule has 0 saturated heterocycles. The lowest BCUT2D eigenvalue weighted by Crippen LogP contribution is -2.42. The normalized spacial score (nSPS) is 23.5. The summed E-state index contributed by atoms with van der Waals surface area (Å²) in [6.07, 6.45) is 1.97. The number of halogens is 2. The predicted molar refractivity (Wildman–Crippen MR) is 88.3 cm³/mol. The summed E-state index contributed by atoms with van der Waals surface area (Å²) in [5.41, 5.74) is 7.11. The second-order valence-corrected chi connectivity index (χ2v) is 6.33. The molecule has 0 amide bonds. The average molecular weight is 330 g/mol. The molecule has 0 radical (unpaired) electrons. The van der Waals surface area contributed by atoms with Crippen molar-refractivity contribution >= 4 is 29.2 Å². The van der Waals surface area contributed by atoms with Crippen molar-refractivity contribution in [2.75, 3.05) is 13.7 Å². The van der Waals surface area contributed by atoms with Crippen LogP contribution in [0.1, 0.15) is 31.2 Å². The van der Waals surface area contributed by atoms with Crippen LogP contribution in [0.25, 0.3) is 0 Å². The molecule has 21 heavy (non-hydrogen) atoms. The Hall–Kier alpha value is -0.970. The molecule has 4 nitrogen and oxygen atoms in total. The number of benzene rings is 1. The molecule has 116 valence electrons. The number of hydrogen-bond acceptors (Lipinski definition) is 2. The predicted octanol–water partition coefficient (Wildman–Crippen LogP) is 3.18. The number of rotatable bonds is 5. The van der Waals surface area contributed by atoms with Crippen LogP contribution in [-0.4, -0.2) is 31.8 Å². The molecular weight excluding hydrogens is 309 g/mol. The number of aliphatic imine (C=N–C) groups is 1. The van der Waals surface area contributed by atoms with E-state index in [1.54, 1.807) is 7.11 Å². The molecule has 3 N–H and O–H groups in total. The Morgan fingerprint density at radius 1 is 1.43 bits per heavy atom. The number of hydrogen-bond donors (Lipinski definition) is 2. The van der Waals surface area contributed by atoms with E-state index in [4.69, 9.17) is 33.7 Å². The SMILES string of the molecule is COCC(C)NC(N)=NC1CC(c2ccc(Cl)c(Cl)c2)C1. The quantitative estimate of drug-likeness (QED) is 0.644. The number of methoxy groups -OCH3 is 1. The molecule has 1 unspecified atom stereocenters. The lowest BCUT2D eigenvalue weighted by Gasteiger charge is -2.33. The maximum Gasteiger partial charge on any atom is 0.189 e. The molecule has 1 aromatic rings. The molecule has 2 rings (SSSR count). The van der Waals surface area contributed by atoms with Gasteiger partial charge in [-0.15, -0.1) is 0 Å². The Labute approximate surface area is 135 Å². The molecule has 1 aliphatic rings. The highest BCUT2D eigenvalue weighted by atomic mass is 35.5. The molecule has 6 heteroatoms. The molecule has 1 aromatic carbocycles. The van der Waals surface area contributed by atoms with Crippen LogP contribution >= 0.6 is 23.2 Å². The third kappa shape index (κ3) is 4.50. The van der Waals surface area contributed by atoms with Gasteiger partial charge in [0.25, 0.3) is 0 Å². The summed E-state index contributed by atoms with van der Waals surface area (Å²) in [6.45, 7) is 2.61. The fourth-order valence-electron chi connectivity index (χ4n) is 2.51. The number of nitrogens with one attached hydrogen (secondary N) is 1. The number of nitrogens with two attached hydrogens (primary N) is 1. The molecular formula is C15H21Cl2N3O. The van der Waals surface area contributed by atoms with Gasteiger partial charge in [-0.05, 0) is 43.4 Å². The number of nitrogens with zero attached hydrogens (tertiary/aromatic N) is 1. The van der Waals surface area contributed by atoms with Gasteiger partial charge in [0.2, 0.25) is 0 Å². The third-order valence-corrected chi connectivity index (χ3v) is 4.40. The molecule has 1 fully saturated rings. The zero-order valence-electron chi connectivity index (χ0n) is 12.3. The van der Waals surface area contributed by atoms with E-state index in [1.807, 2.05) is 25.1 Å². The van der Waals surface area contributed by atoms with Crippen LogP contribution in [0.4, 0.5) is 0 Å². The molecule has 0 aliphatic heterocycles. The molecule has 0 aromatic heterocycles. The first-order valence-corrected chi connectivity index (χ1v) is 7.79. The van der Waals surface area contributed by atoms with E-state index in [0.717, 1.165) is 12.8 Å². The van der Waals surface area contributed by atoms with Gasteiger partial charge in [-0.2, -0.15) is 0 Å². The van der Waals surface area contributed by atoms with Crippen LogP contribution in [0.2, 0.25) is 10.0 Å². The van der Waals surface area contributed by atoms with Gasteiger partial charge in [0.15, 0.2) is 5.96 Å². The van der Waals surface area contributed by atoms with Crippen molar-refractivity contribution in [1.82, 2.24) is 5.32 Å². The summed E-state index contributed by atoms with van der Waals surface area (Å²) >= 11 is 12.0. The smallest absolute Gasteiger partial charge is 0.189 e. The van der Waals surface area contributed by atoms with Crippen molar-refractivity contribution in [1.29, 1.82) is 0 Å². The zero-order valence-corrected chi connectivity index (χ0v) is 13.8. The van der Waals surface area contributed by atoms with E-state index in [-0.39, 0.29) is 12.1 Å². The van der Waals surface area contributed by atoms with Gasteiger partial charge >= 0.3 is 0 Å². The summed E-state index contributed by atoms with van der Waals surface area (Å²) < 4.78 is 5.05. The lowest BCUT2D eigenvalue weighted by molar-refractivity contribution is 0.179. The van der Waals surface area contributed by atoms with E-state index < -0.39 is 0 Å². The van der Waals surface area contributed by atoms with E-state index in [1.165, 1.54) is 5.56 Å². The van der Waals surface area contributed by atoms with Gasteiger partial charge < -0.3 is 15.8 Å². The van der Waals surface area contributed by atoms with Crippen molar-refractivity contribution in [2.45, 2.75) is 37.8 Å². The Morgan fingerprint density at radius 3 is 2.76 bits per heavy atom. The van der Waals surface area contributed by atoms with Crippen LogP contribution in [0.3, 0.4) is 0 Å². The van der Waals surface area contributed by atoms with Crippen molar-refractivity contribution in [3.8, 4) is 0 Å². The fraction of sp³-hybridized carbons (Fsp3) is 0.533. The Bertz CT molecular complexity index is 516. The van der Waals surface area contributed by atoms with Gasteiger partial charge in [0.1, 0.15) is 0 Å². The van der Waals surface area contributed by atoms with Gasteiger partial charge in [-0.1, -0.05) is 29.3 Å². The van der Waals surface area contributed by atoms with Crippen molar-refractivity contribution < 1.29 is 4.74 Å². The zero-order chi connectivity index (χ0) is 15.4. The molecule has 1 atom stereocenters. The summed E-state index contributed by atoms with van der Waals surface area (Å²) in [6, 6.07) is 6.24. The summed E-state index contributed by atoms with van der Waals surface area (Å²) in [7, 11) is 1.67. The molecule has 0 bridgehead atoms. The topological polar surface area (TPSA) is 59.6 Å². The average Bonchev–Trinajstić information content (AvgIpc) is 2.37. The van der Waals surface area contributed by atoms with Crippen molar-refractivity contribution in [2.24, 2.45) is 10.7 Å². The second kappa shape index (κ2) is 7.34. The largest absolute Gasteiger partial charge is 0.383 e. The second-order valence-electron chi connectivity index (χ2n) is 5.51.